The van der Waals surface area contributed by atoms with E-state index in [1.165, 1.54) is 0 Å². The lowest BCUT2D eigenvalue weighted by Crippen LogP contribution is -2.32. The van der Waals surface area contributed by atoms with Crippen molar-refractivity contribution in [2.24, 2.45) is 0 Å². The lowest BCUT2D eigenvalue weighted by molar-refractivity contribution is 0.209. The molecule has 2 N–H and O–H groups in total. The number of furan rings is 1. The van der Waals surface area contributed by atoms with Crippen molar-refractivity contribution >= 4 is 17.3 Å². The van der Waals surface area contributed by atoms with Crippen molar-refractivity contribution in [2.45, 2.75) is 19.0 Å². The van der Waals surface area contributed by atoms with Gasteiger partial charge in [0.1, 0.15) is 23.3 Å². The fourth-order valence-electron chi connectivity index (χ4n) is 3.61. The molecule has 150 valence electrons. The van der Waals surface area contributed by atoms with Gasteiger partial charge in [0.2, 0.25) is 0 Å². The normalized spacial score (nSPS) is 18.7. The number of thiocarbonyl (C=S) groups is 1. The van der Waals surface area contributed by atoms with Gasteiger partial charge in [-0.3, -0.25) is 4.98 Å². The predicted molar refractivity (Wildman–Crippen MR) is 115 cm³/mol. The van der Waals surface area contributed by atoms with Gasteiger partial charge in [0.25, 0.3) is 0 Å². The number of hydrogen-bond donors (Lipinski definition) is 2. The highest BCUT2D eigenvalue weighted by atomic mass is 32.1. The van der Waals surface area contributed by atoms with Crippen molar-refractivity contribution < 1.29 is 14.3 Å². The summed E-state index contributed by atoms with van der Waals surface area (Å²) in [5, 5.41) is 13.4. The summed E-state index contributed by atoms with van der Waals surface area (Å²) >= 11 is 5.52. The molecule has 1 fully saturated rings. The van der Waals surface area contributed by atoms with E-state index in [1.807, 2.05) is 66.4 Å². The van der Waals surface area contributed by atoms with E-state index in [9.17, 15) is 5.11 Å². The molecule has 6 nitrogen and oxygen atoms in total. The molecular formula is C22H23N3O3S. The molecular weight excluding hydrogens is 386 g/mol. The zero-order valence-electron chi connectivity index (χ0n) is 16.1. The largest absolute Gasteiger partial charge is 0.494 e. The standard InChI is InChI=1S/C22H23N3O3S/c1-2-27-16-8-6-15(7-9-16)18-10-11-19(28-18)21-20(17-5-3-4-12-23-17)24-22(29)25(21)13-14-26/h3-12,20-21,26H,2,13-14H2,1H3,(H,24,29)/t20-,21-/m1/s1. The second-order valence-electron chi connectivity index (χ2n) is 6.70. The quantitative estimate of drug-likeness (QED) is 0.577. The molecule has 0 bridgehead atoms. The molecule has 1 aliphatic heterocycles. The van der Waals surface area contributed by atoms with Crippen LogP contribution in [-0.4, -0.2) is 39.9 Å². The first-order valence-electron chi connectivity index (χ1n) is 9.63. The van der Waals surface area contributed by atoms with Crippen LogP contribution in [0.25, 0.3) is 11.3 Å². The van der Waals surface area contributed by atoms with Crippen LogP contribution >= 0.6 is 12.2 Å². The number of nitrogens with zero attached hydrogens (tertiary/aromatic N) is 2. The second-order valence-corrected chi connectivity index (χ2v) is 7.09. The van der Waals surface area contributed by atoms with Crippen molar-refractivity contribution in [2.75, 3.05) is 19.8 Å². The van der Waals surface area contributed by atoms with Crippen molar-refractivity contribution in [3.8, 4) is 17.1 Å². The summed E-state index contributed by atoms with van der Waals surface area (Å²) in [5.41, 5.74) is 1.84. The van der Waals surface area contributed by atoms with Gasteiger partial charge in [-0.2, -0.15) is 0 Å². The Morgan fingerprint density at radius 3 is 2.69 bits per heavy atom. The van der Waals surface area contributed by atoms with Crippen LogP contribution in [0.15, 0.2) is 65.2 Å². The van der Waals surface area contributed by atoms with Gasteiger partial charge in [-0.15, -0.1) is 0 Å². The van der Waals surface area contributed by atoms with Gasteiger partial charge in [0, 0.05) is 18.3 Å². The van der Waals surface area contributed by atoms with E-state index < -0.39 is 0 Å². The fraction of sp³-hybridized carbons (Fsp3) is 0.273. The molecule has 2 aromatic heterocycles. The molecule has 1 aromatic carbocycles. The van der Waals surface area contributed by atoms with E-state index in [0.29, 0.717) is 18.3 Å². The number of hydrogen-bond acceptors (Lipinski definition) is 5. The molecule has 0 aliphatic carbocycles. The average molecular weight is 410 g/mol. The molecule has 3 aromatic rings. The zero-order valence-corrected chi connectivity index (χ0v) is 16.9. The minimum atomic E-state index is -0.194. The summed E-state index contributed by atoms with van der Waals surface area (Å²) in [6.07, 6.45) is 1.76. The Morgan fingerprint density at radius 2 is 2.00 bits per heavy atom. The van der Waals surface area contributed by atoms with E-state index in [-0.39, 0.29) is 18.7 Å². The van der Waals surface area contributed by atoms with E-state index in [2.05, 4.69) is 10.3 Å². The van der Waals surface area contributed by atoms with Crippen LogP contribution in [-0.2, 0) is 0 Å². The van der Waals surface area contributed by atoms with Crippen LogP contribution in [0.5, 0.6) is 5.75 Å². The maximum atomic E-state index is 9.53. The smallest absolute Gasteiger partial charge is 0.170 e. The zero-order chi connectivity index (χ0) is 20.2. The molecule has 2 atom stereocenters. The van der Waals surface area contributed by atoms with Gasteiger partial charge >= 0.3 is 0 Å². The fourth-order valence-corrected chi connectivity index (χ4v) is 3.94. The number of ether oxygens (including phenoxy) is 1. The van der Waals surface area contributed by atoms with Gasteiger partial charge < -0.3 is 24.5 Å². The second kappa shape index (κ2) is 8.63. The minimum Gasteiger partial charge on any atom is -0.494 e. The first-order valence-corrected chi connectivity index (χ1v) is 10.0. The summed E-state index contributed by atoms with van der Waals surface area (Å²) in [7, 11) is 0. The number of aliphatic hydroxyl groups is 1. The van der Waals surface area contributed by atoms with Crippen LogP contribution in [0.4, 0.5) is 0 Å². The van der Waals surface area contributed by atoms with Crippen molar-refractivity contribution in [3.05, 3.63) is 72.2 Å². The molecule has 3 heterocycles. The Hall–Kier alpha value is -2.90. The highest BCUT2D eigenvalue weighted by molar-refractivity contribution is 7.80. The maximum absolute atomic E-state index is 9.53. The van der Waals surface area contributed by atoms with Crippen molar-refractivity contribution in [1.82, 2.24) is 15.2 Å². The van der Waals surface area contributed by atoms with E-state index in [4.69, 9.17) is 21.4 Å². The van der Waals surface area contributed by atoms with Crippen molar-refractivity contribution in [3.63, 3.8) is 0 Å². The summed E-state index contributed by atoms with van der Waals surface area (Å²) in [6, 6.07) is 17.2. The van der Waals surface area contributed by atoms with E-state index in [1.54, 1.807) is 6.20 Å². The van der Waals surface area contributed by atoms with Crippen LogP contribution < -0.4 is 10.1 Å². The average Bonchev–Trinajstić information content (AvgIpc) is 3.35. The Kier molecular flexibility index (Phi) is 5.78. The number of β-amino-alcohol motifs (C(OH)–C–C–N with tert-alkyl or cyclic N) is 1. The van der Waals surface area contributed by atoms with E-state index >= 15 is 0 Å². The maximum Gasteiger partial charge on any atom is 0.170 e. The Labute approximate surface area is 175 Å². The summed E-state index contributed by atoms with van der Waals surface area (Å²) in [4.78, 5) is 6.44. The number of nitrogens with one attached hydrogen (secondary N) is 1. The molecule has 4 rings (SSSR count). The number of aromatic nitrogens is 1. The summed E-state index contributed by atoms with van der Waals surface area (Å²) in [6.45, 7) is 3.01. The van der Waals surface area contributed by atoms with Gasteiger partial charge in [0.05, 0.1) is 24.9 Å². The van der Waals surface area contributed by atoms with Gasteiger partial charge in [-0.25, -0.2) is 0 Å². The molecule has 0 saturated carbocycles. The van der Waals surface area contributed by atoms with Gasteiger partial charge in [-0.1, -0.05) is 6.07 Å². The number of rotatable bonds is 7. The molecule has 1 aliphatic rings. The van der Waals surface area contributed by atoms with Crippen LogP contribution in [0.1, 0.15) is 30.5 Å². The predicted octanol–water partition coefficient (Wildman–Crippen LogP) is 3.71. The van der Waals surface area contributed by atoms with Gasteiger partial charge in [0.15, 0.2) is 5.11 Å². The van der Waals surface area contributed by atoms with E-state index in [0.717, 1.165) is 28.5 Å². The highest BCUT2D eigenvalue weighted by Gasteiger charge is 2.41. The first kappa shape index (κ1) is 19.4. The number of aliphatic hydroxyl groups excluding tert-OH is 1. The van der Waals surface area contributed by atoms with Crippen molar-refractivity contribution in [1.29, 1.82) is 0 Å². The third-order valence-electron chi connectivity index (χ3n) is 4.91. The summed E-state index contributed by atoms with van der Waals surface area (Å²) in [5.74, 6) is 2.37. The molecule has 0 unspecified atom stereocenters. The molecule has 29 heavy (non-hydrogen) atoms. The van der Waals surface area contributed by atoms with Crippen LogP contribution in [0.3, 0.4) is 0 Å². The van der Waals surface area contributed by atoms with Crippen LogP contribution in [0.2, 0.25) is 0 Å². The topological polar surface area (TPSA) is 70.8 Å². The first-order chi connectivity index (χ1) is 14.2. The number of pyridine rings is 1. The third kappa shape index (κ3) is 3.97. The van der Waals surface area contributed by atoms with Gasteiger partial charge in [-0.05, 0) is 67.7 Å². The lowest BCUT2D eigenvalue weighted by atomic mass is 10.0. The molecule has 7 heteroatoms. The third-order valence-corrected chi connectivity index (χ3v) is 5.26. The number of benzene rings is 1. The SMILES string of the molecule is CCOc1ccc(-c2ccc([C@@H]3[C@@H](c4ccccn4)NC(=S)N3CCO)o2)cc1. The monoisotopic (exact) mass is 409 g/mol. The molecule has 1 saturated heterocycles. The Bertz CT molecular complexity index is 959. The van der Waals surface area contributed by atoms with Crippen LogP contribution in [0, 0.1) is 0 Å². The lowest BCUT2D eigenvalue weighted by Gasteiger charge is -2.25. The summed E-state index contributed by atoms with van der Waals surface area (Å²) < 4.78 is 11.7. The molecule has 0 amide bonds. The molecule has 0 radical (unpaired) electrons. The highest BCUT2D eigenvalue weighted by Crippen LogP contribution is 2.40. The minimum absolute atomic E-state index is 0.000283. The Balaban J connectivity index is 1.66. The molecule has 0 spiro atoms. The Morgan fingerprint density at radius 1 is 1.17 bits per heavy atom.